The Labute approximate surface area is 80.2 Å². The van der Waals surface area contributed by atoms with Gasteiger partial charge in [0.15, 0.2) is 0 Å². The molecule has 0 atom stereocenters. The summed E-state index contributed by atoms with van der Waals surface area (Å²) in [5, 5.41) is 21.5. The van der Waals surface area contributed by atoms with Crippen LogP contribution in [0.4, 0.5) is 0 Å². The number of hydrogen-bond donors (Lipinski definition) is 7. The van der Waals surface area contributed by atoms with Gasteiger partial charge in [-0.25, -0.2) is 0 Å². The Morgan fingerprint density at radius 2 is 0.800 bits per heavy atom. The predicted octanol–water partition coefficient (Wildman–Crippen LogP) is -5.31. The zero-order valence-electron chi connectivity index (χ0n) is 4.21. The molecule has 10 heavy (non-hydrogen) atoms. The summed E-state index contributed by atoms with van der Waals surface area (Å²) in [6.45, 7) is 0. The molecule has 0 saturated heterocycles. The molecule has 0 radical (unpaired) electrons. The molecule has 0 rings (SSSR count). The SMILES string of the molecule is OB(O)O.O[Si](O)(O)O.[NaH]. The first kappa shape index (κ1) is 17.2. The van der Waals surface area contributed by atoms with Gasteiger partial charge in [0, 0.05) is 0 Å². The number of rotatable bonds is 0. The zero-order valence-corrected chi connectivity index (χ0v) is 5.21. The van der Waals surface area contributed by atoms with E-state index in [1.165, 1.54) is 0 Å². The Bertz CT molecular complexity index is 50.4. The second kappa shape index (κ2) is 8.10. The summed E-state index contributed by atoms with van der Waals surface area (Å²) < 4.78 is 0. The van der Waals surface area contributed by atoms with Gasteiger partial charge in [0.25, 0.3) is 0 Å². The molecule has 0 unspecified atom stereocenters. The standard InChI is InChI=1S/BH3O3.Na.H4O4Si.H/c2-1(3)4;;1-5(2,3)4;/h2-4H;;1-4H;. The molecule has 0 bridgehead atoms. The summed E-state index contributed by atoms with van der Waals surface area (Å²) in [7, 11) is -6.78. The van der Waals surface area contributed by atoms with Crippen LogP contribution in [0.1, 0.15) is 0 Å². The Morgan fingerprint density at radius 1 is 0.800 bits per heavy atom. The van der Waals surface area contributed by atoms with E-state index >= 15 is 0 Å². The molecule has 10 heteroatoms. The molecule has 0 fully saturated rings. The minimum absolute atomic E-state index is 0. The fourth-order valence-corrected chi connectivity index (χ4v) is 0. The monoisotopic (exact) mass is 182 g/mol. The van der Waals surface area contributed by atoms with Crippen molar-refractivity contribution < 1.29 is 34.3 Å². The molecule has 0 aromatic carbocycles. The van der Waals surface area contributed by atoms with Crippen LogP contribution in [-0.4, -0.2) is 80.2 Å². The van der Waals surface area contributed by atoms with Gasteiger partial charge in [-0.1, -0.05) is 0 Å². The van der Waals surface area contributed by atoms with Crippen molar-refractivity contribution in [2.45, 2.75) is 0 Å². The first-order valence-electron chi connectivity index (χ1n) is 1.67. The van der Waals surface area contributed by atoms with Crippen molar-refractivity contribution in [3.8, 4) is 0 Å². The second-order valence-corrected chi connectivity index (χ2v) is 2.15. The molecule has 0 aliphatic carbocycles. The summed E-state index contributed by atoms with van der Waals surface area (Å²) in [6, 6.07) is 0. The number of hydrogen-bond acceptors (Lipinski definition) is 7. The third-order valence-corrected chi connectivity index (χ3v) is 0. The van der Waals surface area contributed by atoms with Crippen LogP contribution in [0.15, 0.2) is 0 Å². The second-order valence-electron chi connectivity index (χ2n) is 0.946. The van der Waals surface area contributed by atoms with E-state index in [1.54, 1.807) is 0 Å². The third-order valence-electron chi connectivity index (χ3n) is 0. The summed E-state index contributed by atoms with van der Waals surface area (Å²) in [4.78, 5) is 29.3. The Morgan fingerprint density at radius 3 is 0.800 bits per heavy atom. The molecule has 0 amide bonds. The molecule has 0 spiro atoms. The van der Waals surface area contributed by atoms with Gasteiger partial charge >= 0.3 is 45.9 Å². The van der Waals surface area contributed by atoms with E-state index in [2.05, 4.69) is 0 Å². The molecular weight excluding hydrogens is 174 g/mol. The molecular formula is H8BNaO7Si. The zero-order chi connectivity index (χ0) is 8.08. The summed E-state index contributed by atoms with van der Waals surface area (Å²) >= 11 is 0. The van der Waals surface area contributed by atoms with Crippen LogP contribution in [0.25, 0.3) is 0 Å². The van der Waals surface area contributed by atoms with Gasteiger partial charge in [-0.05, 0) is 0 Å². The Kier molecular flexibility index (Phi) is 13.9. The van der Waals surface area contributed by atoms with Gasteiger partial charge in [0.05, 0.1) is 0 Å². The van der Waals surface area contributed by atoms with E-state index < -0.39 is 16.4 Å². The maximum atomic E-state index is 7.33. The molecule has 0 heterocycles. The molecule has 0 aromatic rings. The van der Waals surface area contributed by atoms with Gasteiger partial charge in [-0.3, -0.25) is 0 Å². The van der Waals surface area contributed by atoms with Crippen LogP contribution < -0.4 is 0 Å². The molecule has 58 valence electrons. The molecule has 0 aliphatic rings. The van der Waals surface area contributed by atoms with E-state index in [0.29, 0.717) is 0 Å². The quantitative estimate of drug-likeness (QED) is 0.185. The van der Waals surface area contributed by atoms with Crippen LogP contribution in [0.5, 0.6) is 0 Å². The van der Waals surface area contributed by atoms with Crippen molar-refractivity contribution in [1.29, 1.82) is 0 Å². The Hall–Kier alpha value is 1.00. The average Bonchev–Trinajstić information content (AvgIpc) is 1.19. The van der Waals surface area contributed by atoms with Gasteiger partial charge in [-0.2, -0.15) is 0 Å². The normalized spacial score (nSPS) is 8.70. The molecule has 7 N–H and O–H groups in total. The van der Waals surface area contributed by atoms with Crippen molar-refractivity contribution in [2.24, 2.45) is 0 Å². The van der Waals surface area contributed by atoms with Gasteiger partial charge in [0.2, 0.25) is 0 Å². The van der Waals surface area contributed by atoms with Crippen molar-refractivity contribution in [3.05, 3.63) is 0 Å². The van der Waals surface area contributed by atoms with E-state index in [1.807, 2.05) is 0 Å². The first-order valence-corrected chi connectivity index (χ1v) is 3.46. The summed E-state index contributed by atoms with van der Waals surface area (Å²) in [5.74, 6) is 0. The van der Waals surface area contributed by atoms with E-state index in [9.17, 15) is 0 Å². The van der Waals surface area contributed by atoms with Crippen molar-refractivity contribution in [1.82, 2.24) is 0 Å². The summed E-state index contributed by atoms with van der Waals surface area (Å²) in [5.41, 5.74) is 0. The minimum atomic E-state index is -4.61. The fraction of sp³-hybridized carbons (Fsp3) is 0. The van der Waals surface area contributed by atoms with Gasteiger partial charge in [-0.15, -0.1) is 0 Å². The van der Waals surface area contributed by atoms with Gasteiger partial charge < -0.3 is 34.3 Å². The van der Waals surface area contributed by atoms with Crippen molar-refractivity contribution >= 4 is 45.9 Å². The van der Waals surface area contributed by atoms with Crippen molar-refractivity contribution in [3.63, 3.8) is 0 Å². The molecule has 0 aliphatic heterocycles. The predicted molar refractivity (Wildman–Crippen MR) is 34.2 cm³/mol. The molecule has 0 saturated carbocycles. The van der Waals surface area contributed by atoms with Crippen LogP contribution in [0, 0.1) is 0 Å². The summed E-state index contributed by atoms with van der Waals surface area (Å²) in [6.07, 6.45) is 0. The fourth-order valence-electron chi connectivity index (χ4n) is 0. The molecule has 7 nitrogen and oxygen atoms in total. The average molecular weight is 182 g/mol. The van der Waals surface area contributed by atoms with E-state index in [0.717, 1.165) is 0 Å². The maximum absolute atomic E-state index is 7.33. The Balaban J connectivity index is -0.0000000910. The van der Waals surface area contributed by atoms with Crippen molar-refractivity contribution in [2.75, 3.05) is 0 Å². The van der Waals surface area contributed by atoms with E-state index in [4.69, 9.17) is 34.3 Å². The van der Waals surface area contributed by atoms with Crippen LogP contribution in [-0.2, 0) is 0 Å². The van der Waals surface area contributed by atoms with E-state index in [-0.39, 0.29) is 29.6 Å². The van der Waals surface area contributed by atoms with Gasteiger partial charge in [0.1, 0.15) is 0 Å². The topological polar surface area (TPSA) is 142 Å². The van der Waals surface area contributed by atoms with Crippen LogP contribution >= 0.6 is 0 Å². The van der Waals surface area contributed by atoms with Crippen LogP contribution in [0.3, 0.4) is 0 Å². The third kappa shape index (κ3) is 574. The molecule has 0 aromatic heterocycles. The van der Waals surface area contributed by atoms with Crippen LogP contribution in [0.2, 0.25) is 0 Å². The first-order chi connectivity index (χ1) is 3.73.